The molecule has 0 saturated carbocycles. The molecule has 0 bridgehead atoms. The van der Waals surface area contributed by atoms with Crippen molar-refractivity contribution in [2.24, 2.45) is 0 Å². The minimum Gasteiger partial charge on any atom is -0.481 e. The number of urea groups is 1. The van der Waals surface area contributed by atoms with E-state index >= 15 is 0 Å². The molecule has 5 heteroatoms. The van der Waals surface area contributed by atoms with Gasteiger partial charge in [-0.1, -0.05) is 30.3 Å². The zero-order chi connectivity index (χ0) is 14.1. The lowest BCUT2D eigenvalue weighted by atomic mass is 10.0. The summed E-state index contributed by atoms with van der Waals surface area (Å²) in [6, 6.07) is 6.89. The van der Waals surface area contributed by atoms with Gasteiger partial charge in [0.05, 0.1) is 6.42 Å². The lowest BCUT2D eigenvalue weighted by Gasteiger charge is -2.10. The molecule has 102 valence electrons. The van der Waals surface area contributed by atoms with Crippen molar-refractivity contribution in [3.63, 3.8) is 0 Å². The number of hydrogen-bond donors (Lipinski definition) is 3. The van der Waals surface area contributed by atoms with Crippen LogP contribution in [0.15, 0.2) is 36.9 Å². The first-order chi connectivity index (χ1) is 9.13. The average Bonchev–Trinajstić information content (AvgIpc) is 2.37. The van der Waals surface area contributed by atoms with Gasteiger partial charge in [0.2, 0.25) is 0 Å². The van der Waals surface area contributed by atoms with E-state index in [-0.39, 0.29) is 12.5 Å². The third-order valence-electron chi connectivity index (χ3n) is 2.53. The van der Waals surface area contributed by atoms with Gasteiger partial charge in [-0.2, -0.15) is 0 Å². The Morgan fingerprint density at radius 2 is 1.89 bits per heavy atom. The number of carboxylic acids is 1. The number of carbonyl (C=O) groups excluding carboxylic acids is 1. The summed E-state index contributed by atoms with van der Waals surface area (Å²) in [7, 11) is 0. The van der Waals surface area contributed by atoms with Gasteiger partial charge in [-0.15, -0.1) is 6.58 Å². The number of carbonyl (C=O) groups is 2. The van der Waals surface area contributed by atoms with E-state index in [9.17, 15) is 9.59 Å². The predicted octanol–water partition coefficient (Wildman–Crippen LogP) is 1.69. The van der Waals surface area contributed by atoms with Gasteiger partial charge >= 0.3 is 12.0 Å². The Morgan fingerprint density at radius 1 is 1.21 bits per heavy atom. The zero-order valence-electron chi connectivity index (χ0n) is 10.7. The number of benzene rings is 1. The highest BCUT2D eigenvalue weighted by atomic mass is 16.4. The fourth-order valence-corrected chi connectivity index (χ4v) is 1.59. The maximum Gasteiger partial charge on any atom is 0.315 e. The van der Waals surface area contributed by atoms with Crippen LogP contribution in [0, 0.1) is 0 Å². The molecule has 0 aliphatic rings. The second-order valence-corrected chi connectivity index (χ2v) is 4.03. The number of amides is 2. The minimum atomic E-state index is -0.886. The summed E-state index contributed by atoms with van der Waals surface area (Å²) in [5, 5.41) is 14.2. The number of carboxylic acid groups (broad SMARTS) is 1. The van der Waals surface area contributed by atoms with E-state index in [1.165, 1.54) is 0 Å². The second-order valence-electron chi connectivity index (χ2n) is 4.03. The number of aliphatic carboxylic acids is 1. The first-order valence-electron chi connectivity index (χ1n) is 6.04. The number of rotatable bonds is 7. The van der Waals surface area contributed by atoms with Crippen LogP contribution < -0.4 is 10.6 Å². The second kappa shape index (κ2) is 7.92. The van der Waals surface area contributed by atoms with Crippen LogP contribution in [0.1, 0.15) is 17.5 Å². The molecule has 0 aliphatic heterocycles. The fraction of sp³-hybridized carbons (Fsp3) is 0.286. The van der Waals surface area contributed by atoms with Crippen LogP contribution in [0.4, 0.5) is 4.79 Å². The third kappa shape index (κ3) is 5.72. The first-order valence-corrected chi connectivity index (χ1v) is 6.04. The Balaban J connectivity index is 2.50. The quantitative estimate of drug-likeness (QED) is 0.517. The maximum absolute atomic E-state index is 11.5. The van der Waals surface area contributed by atoms with Crippen molar-refractivity contribution in [2.75, 3.05) is 6.54 Å². The summed E-state index contributed by atoms with van der Waals surface area (Å²) >= 11 is 0. The van der Waals surface area contributed by atoms with Crippen LogP contribution in [-0.2, 0) is 17.8 Å². The van der Waals surface area contributed by atoms with Crippen molar-refractivity contribution in [3.8, 4) is 0 Å². The summed E-state index contributed by atoms with van der Waals surface area (Å²) < 4.78 is 0. The molecule has 0 radical (unpaired) electrons. The molecule has 0 saturated heterocycles. The van der Waals surface area contributed by atoms with Crippen molar-refractivity contribution in [3.05, 3.63) is 48.0 Å². The minimum absolute atomic E-state index is 0.0457. The highest BCUT2D eigenvalue weighted by molar-refractivity contribution is 5.74. The molecule has 0 aromatic heterocycles. The van der Waals surface area contributed by atoms with Crippen LogP contribution >= 0.6 is 0 Å². The Bertz CT molecular complexity index is 458. The van der Waals surface area contributed by atoms with Crippen molar-refractivity contribution < 1.29 is 14.7 Å². The van der Waals surface area contributed by atoms with Crippen molar-refractivity contribution in [2.45, 2.75) is 19.4 Å². The molecule has 2 amide bonds. The summed E-state index contributed by atoms with van der Waals surface area (Å²) in [4.78, 5) is 22.2. The van der Waals surface area contributed by atoms with Gasteiger partial charge in [-0.3, -0.25) is 4.79 Å². The van der Waals surface area contributed by atoms with Gasteiger partial charge in [0.1, 0.15) is 0 Å². The van der Waals surface area contributed by atoms with Crippen LogP contribution in [0.25, 0.3) is 0 Å². The Labute approximate surface area is 112 Å². The summed E-state index contributed by atoms with van der Waals surface area (Å²) in [5.74, 6) is -0.886. The zero-order valence-corrected chi connectivity index (χ0v) is 10.7. The summed E-state index contributed by atoms with van der Waals surface area (Å²) in [6.07, 6.45) is 2.39. The smallest absolute Gasteiger partial charge is 0.315 e. The van der Waals surface area contributed by atoms with Crippen LogP contribution in [0.2, 0.25) is 0 Å². The molecule has 3 N–H and O–H groups in total. The first kappa shape index (κ1) is 14.8. The van der Waals surface area contributed by atoms with E-state index in [1.54, 1.807) is 18.2 Å². The molecule has 1 aromatic rings. The molecule has 1 aromatic carbocycles. The van der Waals surface area contributed by atoms with Crippen LogP contribution in [-0.4, -0.2) is 23.7 Å². The van der Waals surface area contributed by atoms with Crippen LogP contribution in [0.3, 0.4) is 0 Å². The SMILES string of the molecule is C=CCCNC(=O)NCc1ccccc1CC(=O)O. The Morgan fingerprint density at radius 3 is 2.53 bits per heavy atom. The Kier molecular flexibility index (Phi) is 6.15. The fourth-order valence-electron chi connectivity index (χ4n) is 1.59. The average molecular weight is 262 g/mol. The van der Waals surface area contributed by atoms with Gasteiger partial charge in [0, 0.05) is 13.1 Å². The molecule has 0 aliphatic carbocycles. The molecule has 19 heavy (non-hydrogen) atoms. The van der Waals surface area contributed by atoms with Gasteiger partial charge in [-0.05, 0) is 17.5 Å². The molecule has 0 unspecified atom stereocenters. The molecule has 1 rings (SSSR count). The molecule has 0 heterocycles. The van der Waals surface area contributed by atoms with E-state index < -0.39 is 5.97 Å². The highest BCUT2D eigenvalue weighted by Crippen LogP contribution is 2.09. The monoisotopic (exact) mass is 262 g/mol. The number of hydrogen-bond acceptors (Lipinski definition) is 2. The van der Waals surface area contributed by atoms with Crippen molar-refractivity contribution in [1.29, 1.82) is 0 Å². The van der Waals surface area contributed by atoms with Crippen molar-refractivity contribution >= 4 is 12.0 Å². The number of nitrogens with one attached hydrogen (secondary N) is 2. The van der Waals surface area contributed by atoms with E-state index in [0.29, 0.717) is 25.1 Å². The van der Waals surface area contributed by atoms with E-state index in [2.05, 4.69) is 17.2 Å². The lowest BCUT2D eigenvalue weighted by Crippen LogP contribution is -2.35. The third-order valence-corrected chi connectivity index (χ3v) is 2.53. The van der Waals surface area contributed by atoms with E-state index in [4.69, 9.17) is 5.11 Å². The van der Waals surface area contributed by atoms with Gasteiger partial charge < -0.3 is 15.7 Å². The largest absolute Gasteiger partial charge is 0.481 e. The van der Waals surface area contributed by atoms with Gasteiger partial charge in [0.25, 0.3) is 0 Å². The van der Waals surface area contributed by atoms with E-state index in [1.807, 2.05) is 12.1 Å². The normalized spacial score (nSPS) is 9.68. The molecule has 5 nitrogen and oxygen atoms in total. The van der Waals surface area contributed by atoms with Gasteiger partial charge in [0.15, 0.2) is 0 Å². The molecular formula is C14H18N2O3. The molecular weight excluding hydrogens is 244 g/mol. The lowest BCUT2D eigenvalue weighted by molar-refractivity contribution is -0.136. The summed E-state index contributed by atoms with van der Waals surface area (Å²) in [5.41, 5.74) is 1.52. The predicted molar refractivity (Wildman–Crippen MR) is 72.8 cm³/mol. The van der Waals surface area contributed by atoms with Crippen LogP contribution in [0.5, 0.6) is 0 Å². The topological polar surface area (TPSA) is 78.4 Å². The maximum atomic E-state index is 11.5. The van der Waals surface area contributed by atoms with E-state index in [0.717, 1.165) is 5.56 Å². The van der Waals surface area contributed by atoms with Gasteiger partial charge in [-0.25, -0.2) is 4.79 Å². The van der Waals surface area contributed by atoms with Crippen molar-refractivity contribution in [1.82, 2.24) is 10.6 Å². The highest BCUT2D eigenvalue weighted by Gasteiger charge is 2.07. The molecule has 0 fully saturated rings. The molecule has 0 atom stereocenters. The Hall–Kier alpha value is -2.30. The standard InChI is InChI=1S/C14H18N2O3/c1-2-3-8-15-14(19)16-10-12-7-5-4-6-11(12)9-13(17)18/h2,4-7H,1,3,8-10H2,(H,17,18)(H2,15,16,19). The summed E-state index contributed by atoms with van der Waals surface area (Å²) in [6.45, 7) is 4.41. The molecule has 0 spiro atoms.